The van der Waals surface area contributed by atoms with Crippen molar-refractivity contribution in [2.45, 2.75) is 15.8 Å². The first-order valence-corrected chi connectivity index (χ1v) is 14.4. The van der Waals surface area contributed by atoms with Gasteiger partial charge in [0.2, 0.25) is 11.5 Å². The van der Waals surface area contributed by atoms with Crippen LogP contribution in [0.5, 0.6) is 0 Å². The summed E-state index contributed by atoms with van der Waals surface area (Å²) in [4.78, 5) is 48.1. The second kappa shape index (κ2) is 10.9. The van der Waals surface area contributed by atoms with Crippen LogP contribution >= 0.6 is 58.2 Å². The first-order chi connectivity index (χ1) is 16.4. The number of fused-ring (bicyclic) bond motifs is 1. The van der Waals surface area contributed by atoms with E-state index >= 15 is 0 Å². The number of β-lactam (4-membered cyclic amide) rings is 1. The van der Waals surface area contributed by atoms with E-state index in [-0.39, 0.29) is 28.3 Å². The van der Waals surface area contributed by atoms with Gasteiger partial charge in [0.1, 0.15) is 22.6 Å². The van der Waals surface area contributed by atoms with Gasteiger partial charge >= 0.3 is 5.97 Å². The minimum atomic E-state index is -1.20. The molecule has 4 N–H and O–H groups in total. The number of carboxylic acid groups (broad SMARTS) is 1. The largest absolute Gasteiger partial charge is 0.477 e. The van der Waals surface area contributed by atoms with Gasteiger partial charge in [-0.05, 0) is 11.8 Å². The monoisotopic (exact) mass is 560 g/mol. The van der Waals surface area contributed by atoms with Crippen molar-refractivity contribution in [1.29, 1.82) is 0 Å². The Balaban J connectivity index is 1.49. The Morgan fingerprint density at radius 1 is 1.47 bits per heavy atom. The first-order valence-electron chi connectivity index (χ1n) is 9.29. The van der Waals surface area contributed by atoms with Gasteiger partial charge in [-0.15, -0.1) is 33.7 Å². The minimum Gasteiger partial charge on any atom is -0.477 e. The molecule has 2 atom stereocenters. The molecule has 4 rings (SSSR count). The molecule has 1 fully saturated rings. The Hall–Kier alpha value is -2.41. The van der Waals surface area contributed by atoms with E-state index in [4.69, 9.17) is 10.6 Å². The molecule has 2 aliphatic rings. The van der Waals surface area contributed by atoms with Gasteiger partial charge in [0.25, 0.3) is 11.8 Å². The third-order valence-corrected chi connectivity index (χ3v) is 8.61. The number of nitrogen functional groups attached to an aromatic ring is 1. The number of anilines is 1. The molecule has 0 aromatic carbocycles. The first kappa shape index (κ1) is 24.7. The summed E-state index contributed by atoms with van der Waals surface area (Å²) < 4.78 is 4.69. The molecule has 2 aromatic rings. The van der Waals surface area contributed by atoms with Crippen molar-refractivity contribution in [3.05, 3.63) is 22.6 Å². The number of nitrogens with zero attached hydrogens (tertiary/aromatic N) is 6. The smallest absolute Gasteiger partial charge is 0.352 e. The number of aliphatic carboxylic acids is 1. The summed E-state index contributed by atoms with van der Waals surface area (Å²) in [5.74, 6) is -1.55. The Labute approximate surface area is 213 Å². The van der Waals surface area contributed by atoms with Crippen molar-refractivity contribution in [1.82, 2.24) is 29.8 Å². The topological polar surface area (TPSA) is 186 Å². The SMILES string of the molecule is CSCO/N=C(/C(=O)NC1C(=O)N2C(C(=O)O)=C(CSc3nncs3)CSC12)c1nsc(N)n1. The number of rotatable bonds is 10. The van der Waals surface area contributed by atoms with Crippen LogP contribution in [0, 0.1) is 0 Å². The van der Waals surface area contributed by atoms with E-state index in [1.807, 2.05) is 0 Å². The number of oxime groups is 1. The van der Waals surface area contributed by atoms with Crippen LogP contribution in [0.1, 0.15) is 5.82 Å². The fourth-order valence-corrected chi connectivity index (χ4v) is 6.60. The maximum absolute atomic E-state index is 12.9. The highest BCUT2D eigenvalue weighted by atomic mass is 32.2. The zero-order chi connectivity index (χ0) is 24.2. The molecule has 2 aromatic heterocycles. The lowest BCUT2D eigenvalue weighted by Crippen LogP contribution is -2.71. The van der Waals surface area contributed by atoms with Gasteiger partial charge in [-0.1, -0.05) is 28.3 Å². The zero-order valence-electron chi connectivity index (χ0n) is 17.2. The summed E-state index contributed by atoms with van der Waals surface area (Å²) in [6.45, 7) is 0. The van der Waals surface area contributed by atoms with Crippen LogP contribution < -0.4 is 11.1 Å². The molecule has 0 aliphatic carbocycles. The predicted octanol–water partition coefficient (Wildman–Crippen LogP) is 0.544. The summed E-state index contributed by atoms with van der Waals surface area (Å²) in [5, 5.41) is 23.5. The number of amides is 2. The number of nitrogens with one attached hydrogen (secondary N) is 1. The highest BCUT2D eigenvalue weighted by Crippen LogP contribution is 2.41. The molecule has 2 amide bonds. The molecule has 18 heteroatoms. The Kier molecular flexibility index (Phi) is 7.91. The maximum Gasteiger partial charge on any atom is 0.352 e. The molecular formula is C16H16N8O5S5. The van der Waals surface area contributed by atoms with Crippen molar-refractivity contribution in [3.63, 3.8) is 0 Å². The molecule has 1 saturated heterocycles. The van der Waals surface area contributed by atoms with E-state index in [1.165, 1.54) is 51.5 Å². The standard InChI is InChI=1S/C16H16N8O5S5/c1-30-5-29-22-7(10-20-15(17)34-23-10)11(25)19-8-12(26)24-9(14(27)28)6(2-31-13(8)24)3-32-16-21-18-4-33-16/h4,8,13H,2-3,5H2,1H3,(H,19,25)(H,27,28)(H2,17,20,23)/b22-7+. The Morgan fingerprint density at radius 3 is 2.94 bits per heavy atom. The summed E-state index contributed by atoms with van der Waals surface area (Å²) in [6, 6.07) is -0.939. The van der Waals surface area contributed by atoms with Crippen LogP contribution in [0.2, 0.25) is 0 Å². The van der Waals surface area contributed by atoms with Crippen molar-refractivity contribution in [2.75, 3.05) is 29.4 Å². The molecule has 0 radical (unpaired) electrons. The van der Waals surface area contributed by atoms with Crippen LogP contribution in [-0.2, 0) is 19.2 Å². The molecule has 13 nitrogen and oxygen atoms in total. The third-order valence-electron chi connectivity index (χ3n) is 4.44. The predicted molar refractivity (Wildman–Crippen MR) is 131 cm³/mol. The number of carbonyl (C=O) groups is 3. The Bertz CT molecular complexity index is 1150. The fourth-order valence-electron chi connectivity index (χ4n) is 3.04. The third kappa shape index (κ3) is 5.14. The molecule has 180 valence electrons. The van der Waals surface area contributed by atoms with Crippen LogP contribution in [-0.4, -0.2) is 88.2 Å². The second-order valence-corrected chi connectivity index (χ2v) is 11.3. The molecule has 4 heterocycles. The lowest BCUT2D eigenvalue weighted by atomic mass is 10.0. The second-order valence-electron chi connectivity index (χ2n) is 6.54. The summed E-state index contributed by atoms with van der Waals surface area (Å²) in [6.07, 6.45) is 1.80. The number of hydrogen-bond donors (Lipinski definition) is 3. The van der Waals surface area contributed by atoms with E-state index in [9.17, 15) is 19.5 Å². The van der Waals surface area contributed by atoms with Crippen LogP contribution in [0.25, 0.3) is 0 Å². The van der Waals surface area contributed by atoms with E-state index < -0.39 is 29.2 Å². The average molecular weight is 561 g/mol. The number of hydrogen-bond acceptors (Lipinski definition) is 15. The minimum absolute atomic E-state index is 0.0249. The van der Waals surface area contributed by atoms with E-state index in [0.717, 1.165) is 11.5 Å². The van der Waals surface area contributed by atoms with Gasteiger partial charge < -0.3 is 21.0 Å². The lowest BCUT2D eigenvalue weighted by molar-refractivity contribution is -0.150. The van der Waals surface area contributed by atoms with Crippen LogP contribution in [0.15, 0.2) is 26.3 Å². The fraction of sp³-hybridized carbons (Fsp3) is 0.375. The molecule has 34 heavy (non-hydrogen) atoms. The number of thioether (sulfide) groups is 3. The quantitative estimate of drug-likeness (QED) is 0.0914. The van der Waals surface area contributed by atoms with E-state index in [2.05, 4.69) is 30.0 Å². The van der Waals surface area contributed by atoms with Crippen molar-refractivity contribution < 1.29 is 24.3 Å². The summed E-state index contributed by atoms with van der Waals surface area (Å²) in [5.41, 5.74) is 7.51. The van der Waals surface area contributed by atoms with Gasteiger partial charge in [0.05, 0.1) is 0 Å². The normalized spacial score (nSPS) is 20.1. The number of nitrogens with two attached hydrogens (primary N) is 1. The molecule has 0 saturated carbocycles. The van der Waals surface area contributed by atoms with Crippen molar-refractivity contribution >= 4 is 86.8 Å². The highest BCUT2D eigenvalue weighted by molar-refractivity contribution is 8.01. The number of aromatic nitrogens is 4. The summed E-state index contributed by atoms with van der Waals surface area (Å²) >= 11 is 6.31. The number of carbonyl (C=O) groups excluding carboxylic acids is 2. The number of carboxylic acids is 1. The van der Waals surface area contributed by atoms with Crippen molar-refractivity contribution in [3.8, 4) is 0 Å². The van der Waals surface area contributed by atoms with E-state index in [1.54, 1.807) is 11.8 Å². The van der Waals surface area contributed by atoms with E-state index in [0.29, 0.717) is 21.4 Å². The maximum atomic E-state index is 12.9. The van der Waals surface area contributed by atoms with Gasteiger partial charge in [0, 0.05) is 23.0 Å². The van der Waals surface area contributed by atoms with Gasteiger partial charge in [-0.3, -0.25) is 14.5 Å². The lowest BCUT2D eigenvalue weighted by Gasteiger charge is -2.49. The molecule has 0 bridgehead atoms. The average Bonchev–Trinajstić information content (AvgIpc) is 3.49. The van der Waals surface area contributed by atoms with Gasteiger partial charge in [-0.25, -0.2) is 4.79 Å². The van der Waals surface area contributed by atoms with Gasteiger partial charge in [-0.2, -0.15) is 9.36 Å². The molecule has 2 unspecified atom stereocenters. The van der Waals surface area contributed by atoms with Crippen LogP contribution in [0.3, 0.4) is 0 Å². The van der Waals surface area contributed by atoms with Crippen molar-refractivity contribution in [2.24, 2.45) is 5.16 Å². The summed E-state index contributed by atoms with van der Waals surface area (Å²) in [7, 11) is 0. The van der Waals surface area contributed by atoms with Gasteiger partial charge in [0.15, 0.2) is 15.4 Å². The molecule has 0 spiro atoms. The Morgan fingerprint density at radius 2 is 2.29 bits per heavy atom. The molecule has 2 aliphatic heterocycles. The zero-order valence-corrected chi connectivity index (χ0v) is 21.3. The molecular weight excluding hydrogens is 545 g/mol. The highest BCUT2D eigenvalue weighted by Gasteiger charge is 2.54. The van der Waals surface area contributed by atoms with Crippen LogP contribution in [0.4, 0.5) is 5.13 Å².